The van der Waals surface area contributed by atoms with Crippen LogP contribution in [0.25, 0.3) is 0 Å². The van der Waals surface area contributed by atoms with Gasteiger partial charge in [-0.3, -0.25) is 14.7 Å². The average molecular weight is 386 g/mol. The molecule has 7 nitrogen and oxygen atoms in total. The molecule has 8 heteroatoms. The molecule has 0 aliphatic rings. The highest BCUT2D eigenvalue weighted by Gasteiger charge is 2.17. The minimum atomic E-state index is -0.457. The van der Waals surface area contributed by atoms with Crippen molar-refractivity contribution in [3.8, 4) is 11.5 Å². The zero-order valence-corrected chi connectivity index (χ0v) is 15.3. The predicted molar refractivity (Wildman–Crippen MR) is 101 cm³/mol. The summed E-state index contributed by atoms with van der Waals surface area (Å²) >= 11 is 5.82. The van der Waals surface area contributed by atoms with E-state index < -0.39 is 5.91 Å². The Bertz CT molecular complexity index is 983. The molecule has 2 aromatic carbocycles. The molecule has 2 N–H and O–H groups in total. The fourth-order valence-corrected chi connectivity index (χ4v) is 2.52. The van der Waals surface area contributed by atoms with Gasteiger partial charge < -0.3 is 14.8 Å². The van der Waals surface area contributed by atoms with Crippen molar-refractivity contribution in [3.05, 3.63) is 70.5 Å². The molecule has 1 heterocycles. The largest absolute Gasteiger partial charge is 0.497 e. The van der Waals surface area contributed by atoms with Gasteiger partial charge in [-0.05, 0) is 36.4 Å². The number of carbonyl (C=O) groups excluding carboxylic acids is 2. The Hall–Kier alpha value is -3.32. The number of anilines is 1. The van der Waals surface area contributed by atoms with Crippen LogP contribution in [-0.4, -0.2) is 36.1 Å². The van der Waals surface area contributed by atoms with E-state index in [1.807, 2.05) is 0 Å². The summed E-state index contributed by atoms with van der Waals surface area (Å²) in [7, 11) is 3.03. The van der Waals surface area contributed by atoms with E-state index in [4.69, 9.17) is 21.1 Å². The van der Waals surface area contributed by atoms with Gasteiger partial charge in [0.25, 0.3) is 5.91 Å². The van der Waals surface area contributed by atoms with Gasteiger partial charge in [0.2, 0.25) is 5.78 Å². The number of methoxy groups -OCH3 is 2. The van der Waals surface area contributed by atoms with Crippen LogP contribution in [0.2, 0.25) is 5.02 Å². The fraction of sp³-hybridized carbons (Fsp3) is 0.105. The van der Waals surface area contributed by atoms with Gasteiger partial charge in [0.1, 0.15) is 22.9 Å². The minimum Gasteiger partial charge on any atom is -0.497 e. The van der Waals surface area contributed by atoms with Crippen molar-refractivity contribution in [2.24, 2.45) is 0 Å². The van der Waals surface area contributed by atoms with E-state index in [2.05, 4.69) is 15.5 Å². The zero-order chi connectivity index (χ0) is 19.4. The van der Waals surface area contributed by atoms with E-state index in [-0.39, 0.29) is 17.2 Å². The number of rotatable bonds is 6. The van der Waals surface area contributed by atoms with Crippen molar-refractivity contribution < 1.29 is 19.1 Å². The predicted octanol–water partition coefficient (Wildman–Crippen LogP) is 3.56. The number of H-pyrrole nitrogens is 1. The Morgan fingerprint density at radius 2 is 1.78 bits per heavy atom. The van der Waals surface area contributed by atoms with Crippen molar-refractivity contribution in [1.82, 2.24) is 10.2 Å². The van der Waals surface area contributed by atoms with Crippen molar-refractivity contribution >= 4 is 29.0 Å². The van der Waals surface area contributed by atoms with E-state index in [1.165, 1.54) is 20.3 Å². The topological polar surface area (TPSA) is 93.3 Å². The van der Waals surface area contributed by atoms with Crippen molar-refractivity contribution in [2.45, 2.75) is 0 Å². The van der Waals surface area contributed by atoms with Gasteiger partial charge >= 0.3 is 0 Å². The second-order valence-corrected chi connectivity index (χ2v) is 5.96. The van der Waals surface area contributed by atoms with Crippen molar-refractivity contribution in [2.75, 3.05) is 19.5 Å². The maximum absolute atomic E-state index is 12.5. The number of ether oxygens (including phenoxy) is 2. The molecule has 0 saturated carbocycles. The molecule has 0 aliphatic heterocycles. The van der Waals surface area contributed by atoms with Gasteiger partial charge in [-0.1, -0.05) is 11.6 Å². The molecular weight excluding hydrogens is 370 g/mol. The summed E-state index contributed by atoms with van der Waals surface area (Å²) in [6, 6.07) is 12.8. The van der Waals surface area contributed by atoms with Crippen LogP contribution in [0.3, 0.4) is 0 Å². The maximum atomic E-state index is 12.5. The number of carbonyl (C=O) groups is 2. The number of nitrogens with one attached hydrogen (secondary N) is 2. The highest BCUT2D eigenvalue weighted by molar-refractivity contribution is 6.30. The summed E-state index contributed by atoms with van der Waals surface area (Å²) in [5.41, 5.74) is 1.16. The summed E-state index contributed by atoms with van der Waals surface area (Å²) in [4.78, 5) is 24.9. The van der Waals surface area contributed by atoms with Gasteiger partial charge in [0.05, 0.1) is 19.9 Å². The zero-order valence-electron chi connectivity index (χ0n) is 14.6. The Morgan fingerprint density at radius 3 is 2.44 bits per heavy atom. The summed E-state index contributed by atoms with van der Waals surface area (Å²) < 4.78 is 10.4. The highest BCUT2D eigenvalue weighted by atomic mass is 35.5. The molecule has 0 spiro atoms. The van der Waals surface area contributed by atoms with Crippen LogP contribution < -0.4 is 14.8 Å². The summed E-state index contributed by atoms with van der Waals surface area (Å²) in [6.45, 7) is 0. The molecule has 0 bridgehead atoms. The van der Waals surface area contributed by atoms with Crippen molar-refractivity contribution in [3.63, 3.8) is 0 Å². The standard InChI is InChI=1S/C19H16ClN3O4/c1-26-13-7-8-14(17(9-13)27-2)21-19(25)16-10-15(22-23-16)18(24)11-3-5-12(20)6-4-11/h3-10H,1-2H3,(H,21,25)(H,22,23). The number of aromatic amines is 1. The number of hydrogen-bond donors (Lipinski definition) is 2. The molecule has 27 heavy (non-hydrogen) atoms. The molecular formula is C19H16ClN3O4. The summed E-state index contributed by atoms with van der Waals surface area (Å²) in [6.07, 6.45) is 0. The lowest BCUT2D eigenvalue weighted by molar-refractivity contribution is 0.101. The van der Waals surface area contributed by atoms with Crippen LogP contribution >= 0.6 is 11.6 Å². The SMILES string of the molecule is COc1ccc(NC(=O)c2cc(C(=O)c3ccc(Cl)cc3)n[nH]2)c(OC)c1. The lowest BCUT2D eigenvalue weighted by atomic mass is 10.1. The monoisotopic (exact) mass is 385 g/mol. The maximum Gasteiger partial charge on any atom is 0.273 e. The number of halogens is 1. The number of amides is 1. The minimum absolute atomic E-state index is 0.129. The molecule has 138 valence electrons. The number of nitrogens with zero attached hydrogens (tertiary/aromatic N) is 1. The number of aromatic nitrogens is 2. The van der Waals surface area contributed by atoms with Gasteiger partial charge in [-0.15, -0.1) is 0 Å². The Labute approximate surface area is 160 Å². The third kappa shape index (κ3) is 4.09. The molecule has 3 rings (SSSR count). The first-order chi connectivity index (χ1) is 13.0. The molecule has 0 radical (unpaired) electrons. The Kier molecular flexibility index (Phi) is 5.42. The van der Waals surface area contributed by atoms with Gasteiger partial charge in [-0.2, -0.15) is 5.10 Å². The summed E-state index contributed by atoms with van der Waals surface area (Å²) in [5.74, 6) is 0.270. The van der Waals surface area contributed by atoms with Crippen LogP contribution in [0.5, 0.6) is 11.5 Å². The average Bonchev–Trinajstić information content (AvgIpc) is 3.18. The van der Waals surface area contributed by atoms with Crippen LogP contribution in [0.15, 0.2) is 48.5 Å². The number of benzene rings is 2. The lowest BCUT2D eigenvalue weighted by Gasteiger charge is -2.10. The third-order valence-electron chi connectivity index (χ3n) is 3.82. The Morgan fingerprint density at radius 1 is 1.04 bits per heavy atom. The normalized spacial score (nSPS) is 10.3. The first kappa shape index (κ1) is 18.5. The van der Waals surface area contributed by atoms with E-state index in [0.717, 1.165) is 0 Å². The smallest absolute Gasteiger partial charge is 0.273 e. The molecule has 0 unspecified atom stereocenters. The van der Waals surface area contributed by atoms with Crippen LogP contribution in [0, 0.1) is 0 Å². The molecule has 0 fully saturated rings. The molecule has 1 aromatic heterocycles. The first-order valence-electron chi connectivity index (χ1n) is 7.91. The molecule has 3 aromatic rings. The second kappa shape index (κ2) is 7.92. The fourth-order valence-electron chi connectivity index (χ4n) is 2.39. The second-order valence-electron chi connectivity index (χ2n) is 5.52. The summed E-state index contributed by atoms with van der Waals surface area (Å²) in [5, 5.41) is 9.74. The number of ketones is 1. The van der Waals surface area contributed by atoms with Crippen LogP contribution in [-0.2, 0) is 0 Å². The number of hydrogen-bond acceptors (Lipinski definition) is 5. The first-order valence-corrected chi connectivity index (χ1v) is 8.28. The lowest BCUT2D eigenvalue weighted by Crippen LogP contribution is -2.13. The molecule has 0 saturated heterocycles. The van der Waals surface area contributed by atoms with Gasteiger partial charge in [0, 0.05) is 22.7 Å². The molecule has 0 atom stereocenters. The third-order valence-corrected chi connectivity index (χ3v) is 4.07. The van der Waals surface area contributed by atoms with E-state index >= 15 is 0 Å². The van der Waals surface area contributed by atoms with Crippen LogP contribution in [0.4, 0.5) is 5.69 Å². The molecule has 1 amide bonds. The van der Waals surface area contributed by atoms with Crippen molar-refractivity contribution in [1.29, 1.82) is 0 Å². The van der Waals surface area contributed by atoms with E-state index in [9.17, 15) is 9.59 Å². The highest BCUT2D eigenvalue weighted by Crippen LogP contribution is 2.29. The van der Waals surface area contributed by atoms with Crippen LogP contribution in [0.1, 0.15) is 26.5 Å². The molecule has 0 aliphatic carbocycles. The van der Waals surface area contributed by atoms with E-state index in [1.54, 1.807) is 42.5 Å². The van der Waals surface area contributed by atoms with Gasteiger partial charge in [0.15, 0.2) is 0 Å². The van der Waals surface area contributed by atoms with E-state index in [0.29, 0.717) is 27.8 Å². The Balaban J connectivity index is 1.77. The quantitative estimate of drug-likeness (QED) is 0.633. The van der Waals surface area contributed by atoms with Gasteiger partial charge in [-0.25, -0.2) is 0 Å².